The van der Waals surface area contributed by atoms with Crippen molar-refractivity contribution >= 4 is 21.6 Å². The molecule has 0 spiro atoms. The van der Waals surface area contributed by atoms with Crippen molar-refractivity contribution in [2.45, 2.75) is 6.54 Å². The van der Waals surface area contributed by atoms with Crippen LogP contribution in [0.4, 0.5) is 0 Å². The molecule has 3 aromatic rings. The number of fused-ring (bicyclic) bond motifs is 1. The summed E-state index contributed by atoms with van der Waals surface area (Å²) in [4.78, 5) is 17.4. The van der Waals surface area contributed by atoms with E-state index in [0.717, 1.165) is 16.9 Å². The van der Waals surface area contributed by atoms with E-state index in [1.165, 1.54) is 22.2 Å². The molecule has 0 amide bonds. The van der Waals surface area contributed by atoms with E-state index in [-0.39, 0.29) is 12.1 Å². The highest BCUT2D eigenvalue weighted by atomic mass is 32.1. The fourth-order valence-electron chi connectivity index (χ4n) is 2.14. The number of thiophene rings is 1. The van der Waals surface area contributed by atoms with Crippen molar-refractivity contribution in [3.8, 4) is 22.9 Å². The van der Waals surface area contributed by atoms with Crippen LogP contribution in [0.2, 0.25) is 0 Å². The summed E-state index contributed by atoms with van der Waals surface area (Å²) in [6.45, 7) is -0.000325. The first-order valence-electron chi connectivity index (χ1n) is 6.22. The summed E-state index contributed by atoms with van der Waals surface area (Å²) in [5, 5.41) is 11.2. The third-order valence-electron chi connectivity index (χ3n) is 3.20. The van der Waals surface area contributed by atoms with E-state index in [1.807, 2.05) is 35.7 Å². The Morgan fingerprint density at radius 1 is 1.38 bits per heavy atom. The van der Waals surface area contributed by atoms with E-state index in [4.69, 9.17) is 10.00 Å². The van der Waals surface area contributed by atoms with Gasteiger partial charge in [-0.1, -0.05) is 12.1 Å². The normalized spacial score (nSPS) is 10.5. The number of aromatic nitrogens is 2. The highest BCUT2D eigenvalue weighted by Crippen LogP contribution is 2.31. The predicted octanol–water partition coefficient (Wildman–Crippen LogP) is 2.66. The quantitative estimate of drug-likeness (QED) is 0.745. The van der Waals surface area contributed by atoms with Crippen molar-refractivity contribution in [1.29, 1.82) is 5.26 Å². The molecule has 104 valence electrons. The van der Waals surface area contributed by atoms with Gasteiger partial charge in [-0.3, -0.25) is 9.36 Å². The van der Waals surface area contributed by atoms with Gasteiger partial charge in [-0.15, -0.1) is 11.3 Å². The molecule has 0 fully saturated rings. The van der Waals surface area contributed by atoms with Gasteiger partial charge in [0.2, 0.25) is 0 Å². The molecule has 0 aliphatic carbocycles. The minimum Gasteiger partial charge on any atom is -0.497 e. The van der Waals surface area contributed by atoms with Crippen LogP contribution in [0.1, 0.15) is 0 Å². The zero-order valence-corrected chi connectivity index (χ0v) is 12.1. The van der Waals surface area contributed by atoms with Gasteiger partial charge in [-0.25, -0.2) is 4.98 Å². The molecule has 2 heterocycles. The second-order valence-electron chi connectivity index (χ2n) is 4.39. The van der Waals surface area contributed by atoms with Gasteiger partial charge in [0.1, 0.15) is 23.5 Å². The van der Waals surface area contributed by atoms with E-state index in [9.17, 15) is 4.79 Å². The average Bonchev–Trinajstić information content (AvgIpc) is 2.95. The van der Waals surface area contributed by atoms with Crippen LogP contribution in [0.3, 0.4) is 0 Å². The molecule has 1 aromatic carbocycles. The van der Waals surface area contributed by atoms with Crippen molar-refractivity contribution < 1.29 is 4.74 Å². The molecular formula is C15H11N3O2S. The molecule has 5 nitrogen and oxygen atoms in total. The zero-order valence-electron chi connectivity index (χ0n) is 11.2. The van der Waals surface area contributed by atoms with Crippen LogP contribution in [-0.2, 0) is 6.54 Å². The first-order valence-corrected chi connectivity index (χ1v) is 7.10. The van der Waals surface area contributed by atoms with Gasteiger partial charge in [0.05, 0.1) is 18.6 Å². The van der Waals surface area contributed by atoms with Crippen molar-refractivity contribution in [1.82, 2.24) is 9.55 Å². The van der Waals surface area contributed by atoms with Crippen LogP contribution in [0.15, 0.2) is 40.8 Å². The molecule has 0 saturated carbocycles. The van der Waals surface area contributed by atoms with Crippen LogP contribution in [0.5, 0.6) is 5.75 Å². The molecule has 0 bridgehead atoms. The number of rotatable bonds is 3. The van der Waals surface area contributed by atoms with Crippen LogP contribution < -0.4 is 10.3 Å². The van der Waals surface area contributed by atoms with Gasteiger partial charge in [-0.2, -0.15) is 5.26 Å². The summed E-state index contributed by atoms with van der Waals surface area (Å²) in [6, 6.07) is 9.47. The average molecular weight is 297 g/mol. The Morgan fingerprint density at radius 3 is 2.81 bits per heavy atom. The Kier molecular flexibility index (Phi) is 3.42. The molecule has 3 rings (SSSR count). The lowest BCUT2D eigenvalue weighted by atomic mass is 10.1. The maximum absolute atomic E-state index is 12.5. The number of hydrogen-bond acceptors (Lipinski definition) is 5. The topological polar surface area (TPSA) is 67.9 Å². The third-order valence-corrected chi connectivity index (χ3v) is 4.09. The molecule has 0 saturated heterocycles. The van der Waals surface area contributed by atoms with E-state index in [2.05, 4.69) is 4.98 Å². The molecular weight excluding hydrogens is 286 g/mol. The summed E-state index contributed by atoms with van der Waals surface area (Å²) in [5.41, 5.74) is 1.58. The Bertz CT molecular complexity index is 888. The van der Waals surface area contributed by atoms with Crippen LogP contribution in [0, 0.1) is 11.3 Å². The van der Waals surface area contributed by atoms with E-state index in [1.54, 1.807) is 7.11 Å². The van der Waals surface area contributed by atoms with Gasteiger partial charge in [0.15, 0.2) is 0 Å². The first kappa shape index (κ1) is 13.3. The number of nitrogens with zero attached hydrogens (tertiary/aromatic N) is 3. The molecule has 0 unspecified atom stereocenters. The van der Waals surface area contributed by atoms with Crippen molar-refractivity contribution in [2.75, 3.05) is 7.11 Å². The lowest BCUT2D eigenvalue weighted by molar-refractivity contribution is 0.415. The lowest BCUT2D eigenvalue weighted by Gasteiger charge is -2.03. The van der Waals surface area contributed by atoms with E-state index >= 15 is 0 Å². The molecule has 0 aliphatic rings. The number of ether oxygens (including phenoxy) is 1. The second kappa shape index (κ2) is 5.38. The molecule has 2 aromatic heterocycles. The maximum Gasteiger partial charge on any atom is 0.263 e. The molecule has 0 radical (unpaired) electrons. The van der Waals surface area contributed by atoms with Gasteiger partial charge < -0.3 is 4.74 Å². The minimum absolute atomic E-state index is 0.000325. The van der Waals surface area contributed by atoms with Gasteiger partial charge >= 0.3 is 0 Å². The van der Waals surface area contributed by atoms with Crippen molar-refractivity contribution in [3.05, 3.63) is 46.3 Å². The van der Waals surface area contributed by atoms with Crippen molar-refractivity contribution in [3.63, 3.8) is 0 Å². The number of methoxy groups -OCH3 is 1. The van der Waals surface area contributed by atoms with Gasteiger partial charge in [-0.05, 0) is 17.7 Å². The summed E-state index contributed by atoms with van der Waals surface area (Å²) in [5.74, 6) is 0.762. The first-order chi connectivity index (χ1) is 10.2. The standard InChI is InChI=1S/C15H11N3O2S/c1-20-11-4-2-10(3-5-11)12-8-21-14-13(12)15(19)18(7-6-16)9-17-14/h2-5,8-9H,7H2,1H3. The van der Waals surface area contributed by atoms with E-state index in [0.29, 0.717) is 10.2 Å². The Hall–Kier alpha value is -2.65. The van der Waals surface area contributed by atoms with E-state index < -0.39 is 0 Å². The molecule has 0 atom stereocenters. The van der Waals surface area contributed by atoms with Gasteiger partial charge in [0.25, 0.3) is 5.56 Å². The monoisotopic (exact) mass is 297 g/mol. The highest BCUT2D eigenvalue weighted by molar-refractivity contribution is 7.17. The molecule has 6 heteroatoms. The summed E-state index contributed by atoms with van der Waals surface area (Å²) >= 11 is 1.42. The summed E-state index contributed by atoms with van der Waals surface area (Å²) in [7, 11) is 1.61. The number of benzene rings is 1. The molecule has 21 heavy (non-hydrogen) atoms. The molecule has 0 aliphatic heterocycles. The lowest BCUT2D eigenvalue weighted by Crippen LogP contribution is -2.19. The Morgan fingerprint density at radius 2 is 2.14 bits per heavy atom. The zero-order chi connectivity index (χ0) is 14.8. The second-order valence-corrected chi connectivity index (χ2v) is 5.25. The van der Waals surface area contributed by atoms with Crippen LogP contribution in [0.25, 0.3) is 21.3 Å². The summed E-state index contributed by atoms with van der Waals surface area (Å²) < 4.78 is 6.46. The SMILES string of the molecule is COc1ccc(-c2csc3ncn(CC#N)c(=O)c23)cc1. The third kappa shape index (κ3) is 2.28. The highest BCUT2D eigenvalue weighted by Gasteiger charge is 2.13. The minimum atomic E-state index is -0.186. The smallest absolute Gasteiger partial charge is 0.263 e. The van der Waals surface area contributed by atoms with Crippen molar-refractivity contribution in [2.24, 2.45) is 0 Å². The Balaban J connectivity index is 2.20. The fraction of sp³-hybridized carbons (Fsp3) is 0.133. The van der Waals surface area contributed by atoms with Crippen LogP contribution in [-0.4, -0.2) is 16.7 Å². The number of hydrogen-bond donors (Lipinski definition) is 0. The maximum atomic E-state index is 12.5. The predicted molar refractivity (Wildman–Crippen MR) is 81.5 cm³/mol. The fourth-order valence-corrected chi connectivity index (χ4v) is 3.05. The van der Waals surface area contributed by atoms with Crippen LogP contribution >= 0.6 is 11.3 Å². The Labute approximate surface area is 124 Å². The number of nitriles is 1. The molecule has 0 N–H and O–H groups in total. The summed E-state index contributed by atoms with van der Waals surface area (Å²) in [6.07, 6.45) is 1.42. The largest absolute Gasteiger partial charge is 0.497 e. The van der Waals surface area contributed by atoms with Gasteiger partial charge in [0, 0.05) is 10.9 Å².